The van der Waals surface area contributed by atoms with Crippen molar-refractivity contribution in [2.45, 2.75) is 12.1 Å². The molecule has 0 aliphatic heterocycles. The molecule has 0 unspecified atom stereocenters. The van der Waals surface area contributed by atoms with Crippen molar-refractivity contribution < 1.29 is 18.0 Å². The smallest absolute Gasteiger partial charge is 0.322 e. The molecule has 0 spiro atoms. The quantitative estimate of drug-likeness (QED) is 0.818. The van der Waals surface area contributed by atoms with Crippen molar-refractivity contribution >= 4 is 23.2 Å². The number of hydrogen-bond donors (Lipinski definition) is 1. The van der Waals surface area contributed by atoms with Gasteiger partial charge in [-0.15, -0.1) is 11.6 Å². The molecule has 1 amide bonds. The summed E-state index contributed by atoms with van der Waals surface area (Å²) in [5.74, 6) is -0.122. The first-order valence-corrected chi connectivity index (χ1v) is 6.57. The van der Waals surface area contributed by atoms with Gasteiger partial charge < -0.3 is 5.32 Å². The van der Waals surface area contributed by atoms with Crippen LogP contribution in [0.3, 0.4) is 0 Å². The first kappa shape index (κ1) is 15.4. The van der Waals surface area contributed by atoms with Gasteiger partial charge in [-0.3, -0.25) is 4.79 Å². The van der Waals surface area contributed by atoms with Crippen LogP contribution >= 0.6 is 11.6 Å². The van der Waals surface area contributed by atoms with Crippen LogP contribution in [0.2, 0.25) is 0 Å². The zero-order chi connectivity index (χ0) is 15.5. The SMILES string of the molecule is O=C(Nc1ccc(C(F)(F)F)cc1)c1cccc(CCl)c1. The lowest BCUT2D eigenvalue weighted by Gasteiger charge is -2.09. The van der Waals surface area contributed by atoms with Gasteiger partial charge in [0.1, 0.15) is 0 Å². The van der Waals surface area contributed by atoms with E-state index in [2.05, 4.69) is 5.32 Å². The highest BCUT2D eigenvalue weighted by Crippen LogP contribution is 2.29. The number of carbonyl (C=O) groups excluding carboxylic acids is 1. The third-order valence-corrected chi connectivity index (χ3v) is 3.12. The molecule has 6 heteroatoms. The highest BCUT2D eigenvalue weighted by Gasteiger charge is 2.29. The molecule has 0 bridgehead atoms. The maximum absolute atomic E-state index is 12.4. The average Bonchev–Trinajstić information content (AvgIpc) is 2.47. The van der Waals surface area contributed by atoms with Gasteiger partial charge in [-0.25, -0.2) is 0 Å². The maximum Gasteiger partial charge on any atom is 0.416 e. The standard InChI is InChI=1S/C15H11ClF3NO/c16-9-10-2-1-3-11(8-10)14(21)20-13-6-4-12(5-7-13)15(17,18)19/h1-8H,9H2,(H,20,21). The van der Waals surface area contributed by atoms with Crippen molar-refractivity contribution in [3.8, 4) is 0 Å². The van der Waals surface area contributed by atoms with E-state index in [-0.39, 0.29) is 5.88 Å². The van der Waals surface area contributed by atoms with Gasteiger partial charge in [-0.2, -0.15) is 13.2 Å². The first-order chi connectivity index (χ1) is 9.90. The van der Waals surface area contributed by atoms with Crippen LogP contribution in [0.5, 0.6) is 0 Å². The predicted octanol–water partition coefficient (Wildman–Crippen LogP) is 4.70. The van der Waals surface area contributed by atoms with E-state index in [1.54, 1.807) is 24.3 Å². The molecule has 0 aliphatic rings. The molecule has 0 atom stereocenters. The molecule has 1 N–H and O–H groups in total. The van der Waals surface area contributed by atoms with Gasteiger partial charge in [0.05, 0.1) is 5.56 Å². The lowest BCUT2D eigenvalue weighted by Crippen LogP contribution is -2.12. The molecule has 110 valence electrons. The molecule has 0 aromatic heterocycles. The van der Waals surface area contributed by atoms with Gasteiger partial charge in [0.15, 0.2) is 0 Å². The number of hydrogen-bond acceptors (Lipinski definition) is 1. The Morgan fingerprint density at radius 3 is 2.33 bits per heavy atom. The summed E-state index contributed by atoms with van der Waals surface area (Å²) < 4.78 is 37.3. The minimum Gasteiger partial charge on any atom is -0.322 e. The highest BCUT2D eigenvalue weighted by atomic mass is 35.5. The van der Waals surface area contributed by atoms with Crippen LogP contribution in [0, 0.1) is 0 Å². The van der Waals surface area contributed by atoms with Crippen molar-refractivity contribution in [2.75, 3.05) is 5.32 Å². The normalized spacial score (nSPS) is 11.2. The lowest BCUT2D eigenvalue weighted by molar-refractivity contribution is -0.137. The molecule has 0 saturated carbocycles. The van der Waals surface area contributed by atoms with Gasteiger partial charge in [-0.1, -0.05) is 12.1 Å². The summed E-state index contributed by atoms with van der Waals surface area (Å²) >= 11 is 5.69. The molecule has 0 aliphatic carbocycles. The Bertz CT molecular complexity index is 638. The van der Waals surface area contributed by atoms with Crippen molar-refractivity contribution in [2.24, 2.45) is 0 Å². The number of amides is 1. The number of alkyl halides is 4. The maximum atomic E-state index is 12.4. The van der Waals surface area contributed by atoms with Crippen LogP contribution in [0.15, 0.2) is 48.5 Å². The number of carbonyl (C=O) groups is 1. The first-order valence-electron chi connectivity index (χ1n) is 6.03. The second-order valence-corrected chi connectivity index (χ2v) is 4.63. The predicted molar refractivity (Wildman–Crippen MR) is 75.4 cm³/mol. The number of rotatable bonds is 3. The van der Waals surface area contributed by atoms with Crippen molar-refractivity contribution in [3.05, 3.63) is 65.2 Å². The molecular weight excluding hydrogens is 303 g/mol. The Kier molecular flexibility index (Phi) is 4.53. The van der Waals surface area contributed by atoms with E-state index < -0.39 is 17.6 Å². The van der Waals surface area contributed by atoms with Crippen LogP contribution in [0.4, 0.5) is 18.9 Å². The van der Waals surface area contributed by atoms with Crippen molar-refractivity contribution in [3.63, 3.8) is 0 Å². The van der Waals surface area contributed by atoms with E-state index in [9.17, 15) is 18.0 Å². The molecule has 0 fully saturated rings. The van der Waals surface area contributed by atoms with Gasteiger partial charge in [0, 0.05) is 17.1 Å². The number of benzene rings is 2. The fourth-order valence-corrected chi connectivity index (χ4v) is 1.91. The fraction of sp³-hybridized carbons (Fsp3) is 0.133. The summed E-state index contributed by atoms with van der Waals surface area (Å²) in [6.07, 6.45) is -4.39. The Morgan fingerprint density at radius 1 is 1.10 bits per heavy atom. The summed E-state index contributed by atoms with van der Waals surface area (Å²) in [5, 5.41) is 2.54. The minimum atomic E-state index is -4.39. The van der Waals surface area contributed by atoms with E-state index in [0.717, 1.165) is 17.7 Å². The average molecular weight is 314 g/mol. The third kappa shape index (κ3) is 3.98. The monoisotopic (exact) mass is 313 g/mol. The van der Waals surface area contributed by atoms with Crippen molar-refractivity contribution in [1.82, 2.24) is 0 Å². The third-order valence-electron chi connectivity index (χ3n) is 2.81. The van der Waals surface area contributed by atoms with Crippen LogP contribution in [0.25, 0.3) is 0 Å². The van der Waals surface area contributed by atoms with Crippen LogP contribution < -0.4 is 5.32 Å². The largest absolute Gasteiger partial charge is 0.416 e. The van der Waals surface area contributed by atoms with E-state index in [0.29, 0.717) is 11.3 Å². The zero-order valence-corrected chi connectivity index (χ0v) is 11.5. The molecule has 0 radical (unpaired) electrons. The Balaban J connectivity index is 2.12. The Morgan fingerprint density at radius 2 is 1.76 bits per heavy atom. The Labute approximate surface area is 124 Å². The second kappa shape index (κ2) is 6.18. The highest BCUT2D eigenvalue weighted by molar-refractivity contribution is 6.17. The number of nitrogens with one attached hydrogen (secondary N) is 1. The molecule has 2 aromatic rings. The molecular formula is C15H11ClF3NO. The molecule has 2 rings (SSSR count). The minimum absolute atomic E-state index is 0.279. The zero-order valence-electron chi connectivity index (χ0n) is 10.7. The fourth-order valence-electron chi connectivity index (χ4n) is 1.74. The van der Waals surface area contributed by atoms with Gasteiger partial charge >= 0.3 is 6.18 Å². The number of anilines is 1. The topological polar surface area (TPSA) is 29.1 Å². The van der Waals surface area contributed by atoms with E-state index >= 15 is 0 Å². The number of halogens is 4. The van der Waals surface area contributed by atoms with E-state index in [1.165, 1.54) is 12.1 Å². The summed E-state index contributed by atoms with van der Waals surface area (Å²) in [7, 11) is 0. The summed E-state index contributed by atoms with van der Waals surface area (Å²) in [5.41, 5.74) is 0.721. The Hall–Kier alpha value is -2.01. The molecule has 2 aromatic carbocycles. The van der Waals surface area contributed by atoms with E-state index in [1.807, 2.05) is 0 Å². The summed E-state index contributed by atoms with van der Waals surface area (Å²) in [6, 6.07) is 11.0. The van der Waals surface area contributed by atoms with Crippen LogP contribution in [-0.4, -0.2) is 5.91 Å². The van der Waals surface area contributed by atoms with Gasteiger partial charge in [0.25, 0.3) is 5.91 Å². The summed E-state index contributed by atoms with van der Waals surface area (Å²) in [4.78, 5) is 12.0. The molecule has 21 heavy (non-hydrogen) atoms. The van der Waals surface area contributed by atoms with Gasteiger partial charge in [0.2, 0.25) is 0 Å². The van der Waals surface area contributed by atoms with E-state index in [4.69, 9.17) is 11.6 Å². The van der Waals surface area contributed by atoms with Gasteiger partial charge in [-0.05, 0) is 42.0 Å². The second-order valence-electron chi connectivity index (χ2n) is 4.36. The lowest BCUT2D eigenvalue weighted by atomic mass is 10.1. The van der Waals surface area contributed by atoms with Crippen LogP contribution in [-0.2, 0) is 12.1 Å². The molecule has 0 saturated heterocycles. The molecule has 0 heterocycles. The van der Waals surface area contributed by atoms with Crippen LogP contribution in [0.1, 0.15) is 21.5 Å². The van der Waals surface area contributed by atoms with Crippen molar-refractivity contribution in [1.29, 1.82) is 0 Å². The summed E-state index contributed by atoms with van der Waals surface area (Å²) in [6.45, 7) is 0. The molecule has 2 nitrogen and oxygen atoms in total.